The number of carbonyl (C=O) groups excluding carboxylic acids is 1. The van der Waals surface area contributed by atoms with Crippen molar-refractivity contribution < 1.29 is 9.53 Å². The third-order valence-corrected chi connectivity index (χ3v) is 2.30. The van der Waals surface area contributed by atoms with Crippen molar-refractivity contribution in [1.29, 1.82) is 0 Å². The summed E-state index contributed by atoms with van der Waals surface area (Å²) in [5.41, 5.74) is 0. The lowest BCUT2D eigenvalue weighted by atomic mass is 10.1. The molecule has 0 spiro atoms. The lowest BCUT2D eigenvalue weighted by molar-refractivity contribution is -0.144. The molecule has 78 valence electrons. The van der Waals surface area contributed by atoms with Crippen LogP contribution in [-0.2, 0) is 9.53 Å². The molecule has 0 aliphatic rings. The van der Waals surface area contributed by atoms with Gasteiger partial charge in [-0.2, -0.15) is 0 Å². The molecule has 0 bridgehead atoms. The van der Waals surface area contributed by atoms with Gasteiger partial charge in [0.05, 0.1) is 13.0 Å². The van der Waals surface area contributed by atoms with Crippen LogP contribution in [0.5, 0.6) is 0 Å². The first kappa shape index (κ1) is 12.4. The van der Waals surface area contributed by atoms with Gasteiger partial charge in [0.2, 0.25) is 0 Å². The lowest BCUT2D eigenvalue weighted by Crippen LogP contribution is -2.34. The van der Waals surface area contributed by atoms with Crippen LogP contribution in [0.25, 0.3) is 0 Å². The number of rotatable bonds is 6. The van der Waals surface area contributed by atoms with E-state index in [4.69, 9.17) is 0 Å². The van der Waals surface area contributed by atoms with Crippen LogP contribution < -0.4 is 5.32 Å². The summed E-state index contributed by atoms with van der Waals surface area (Å²) >= 11 is 0. The minimum atomic E-state index is -0.140. The molecule has 0 unspecified atom stereocenters. The molecular weight excluding hydrogens is 166 g/mol. The fourth-order valence-electron chi connectivity index (χ4n) is 1.21. The van der Waals surface area contributed by atoms with Crippen molar-refractivity contribution in [3.8, 4) is 0 Å². The van der Waals surface area contributed by atoms with Crippen molar-refractivity contribution in [2.75, 3.05) is 13.7 Å². The van der Waals surface area contributed by atoms with E-state index < -0.39 is 0 Å². The van der Waals surface area contributed by atoms with E-state index in [1.165, 1.54) is 7.11 Å². The molecule has 0 aliphatic carbocycles. The average molecular weight is 187 g/mol. The van der Waals surface area contributed by atoms with Gasteiger partial charge in [-0.15, -0.1) is 0 Å². The van der Waals surface area contributed by atoms with E-state index in [-0.39, 0.29) is 11.9 Å². The molecule has 0 aliphatic heterocycles. The van der Waals surface area contributed by atoms with Crippen LogP contribution in [-0.4, -0.2) is 25.7 Å². The zero-order chi connectivity index (χ0) is 10.3. The molecule has 1 atom stereocenters. The summed E-state index contributed by atoms with van der Waals surface area (Å²) in [5.74, 6) is -0.191. The van der Waals surface area contributed by atoms with Gasteiger partial charge in [-0.1, -0.05) is 20.8 Å². The number of carbonyl (C=O) groups is 1. The summed E-state index contributed by atoms with van der Waals surface area (Å²) < 4.78 is 4.63. The van der Waals surface area contributed by atoms with Crippen LogP contribution in [0.4, 0.5) is 0 Å². The van der Waals surface area contributed by atoms with E-state index in [9.17, 15) is 4.79 Å². The number of nitrogens with one attached hydrogen (secondary N) is 1. The second-order valence-electron chi connectivity index (χ2n) is 3.35. The van der Waals surface area contributed by atoms with E-state index in [1.807, 2.05) is 6.92 Å². The molecule has 0 rings (SSSR count). The van der Waals surface area contributed by atoms with E-state index in [0.717, 1.165) is 12.8 Å². The largest absolute Gasteiger partial charge is 0.469 e. The number of methoxy groups -OCH3 is 1. The fraction of sp³-hybridized carbons (Fsp3) is 0.900. The first-order chi connectivity index (χ1) is 6.15. The standard InChI is InChI=1S/C10H21NO2/c1-5-9(6-2)11-7-8(3)10(12)13-4/h8-9,11H,5-7H2,1-4H3/t8-/m0/s1. The molecule has 0 saturated carbocycles. The third-order valence-electron chi connectivity index (χ3n) is 2.30. The minimum absolute atomic E-state index is 0.0504. The Morgan fingerprint density at radius 3 is 2.31 bits per heavy atom. The molecule has 0 radical (unpaired) electrons. The fourth-order valence-corrected chi connectivity index (χ4v) is 1.21. The van der Waals surface area contributed by atoms with E-state index in [2.05, 4.69) is 23.9 Å². The van der Waals surface area contributed by atoms with Crippen molar-refractivity contribution in [3.05, 3.63) is 0 Å². The van der Waals surface area contributed by atoms with Gasteiger partial charge in [0.15, 0.2) is 0 Å². The van der Waals surface area contributed by atoms with Crippen LogP contribution >= 0.6 is 0 Å². The lowest BCUT2D eigenvalue weighted by Gasteiger charge is -2.17. The Hall–Kier alpha value is -0.570. The Balaban J connectivity index is 3.67. The summed E-state index contributed by atoms with van der Waals surface area (Å²) in [5, 5.41) is 3.33. The Morgan fingerprint density at radius 2 is 1.92 bits per heavy atom. The van der Waals surface area contributed by atoms with Gasteiger partial charge in [-0.05, 0) is 12.8 Å². The van der Waals surface area contributed by atoms with E-state index in [0.29, 0.717) is 12.6 Å². The predicted octanol–water partition coefficient (Wildman–Crippen LogP) is 1.57. The second-order valence-corrected chi connectivity index (χ2v) is 3.35. The van der Waals surface area contributed by atoms with Crippen molar-refractivity contribution in [2.45, 2.75) is 39.7 Å². The molecule has 0 aromatic carbocycles. The Kier molecular flexibility index (Phi) is 6.59. The highest BCUT2D eigenvalue weighted by Gasteiger charge is 2.13. The summed E-state index contributed by atoms with van der Waals surface area (Å²) in [7, 11) is 1.43. The molecule has 0 fully saturated rings. The highest BCUT2D eigenvalue weighted by Crippen LogP contribution is 2.00. The number of esters is 1. The average Bonchev–Trinajstić information content (AvgIpc) is 2.17. The smallest absolute Gasteiger partial charge is 0.309 e. The van der Waals surface area contributed by atoms with E-state index >= 15 is 0 Å². The molecule has 13 heavy (non-hydrogen) atoms. The monoisotopic (exact) mass is 187 g/mol. The molecule has 1 N–H and O–H groups in total. The van der Waals surface area contributed by atoms with Gasteiger partial charge in [0, 0.05) is 12.6 Å². The van der Waals surface area contributed by atoms with Crippen LogP contribution in [0, 0.1) is 5.92 Å². The van der Waals surface area contributed by atoms with Gasteiger partial charge < -0.3 is 10.1 Å². The van der Waals surface area contributed by atoms with Crippen LogP contribution in [0.3, 0.4) is 0 Å². The summed E-state index contributed by atoms with van der Waals surface area (Å²) in [4.78, 5) is 11.0. The summed E-state index contributed by atoms with van der Waals surface area (Å²) in [6.45, 7) is 6.87. The van der Waals surface area contributed by atoms with Crippen molar-refractivity contribution >= 4 is 5.97 Å². The maximum Gasteiger partial charge on any atom is 0.309 e. The van der Waals surface area contributed by atoms with Crippen LogP contribution in [0.2, 0.25) is 0 Å². The molecule has 0 aromatic rings. The third kappa shape index (κ3) is 4.88. The predicted molar refractivity (Wildman–Crippen MR) is 53.6 cm³/mol. The number of hydrogen-bond donors (Lipinski definition) is 1. The van der Waals surface area contributed by atoms with Gasteiger partial charge in [0.1, 0.15) is 0 Å². The number of ether oxygens (including phenoxy) is 1. The first-order valence-corrected chi connectivity index (χ1v) is 4.96. The normalized spacial score (nSPS) is 13.0. The highest BCUT2D eigenvalue weighted by atomic mass is 16.5. The zero-order valence-corrected chi connectivity index (χ0v) is 9.09. The Morgan fingerprint density at radius 1 is 1.38 bits per heavy atom. The highest BCUT2D eigenvalue weighted by molar-refractivity contribution is 5.72. The Labute approximate surface area is 80.8 Å². The minimum Gasteiger partial charge on any atom is -0.469 e. The molecule has 3 heteroatoms. The maximum atomic E-state index is 11.0. The van der Waals surface area contributed by atoms with Crippen LogP contribution in [0.1, 0.15) is 33.6 Å². The van der Waals surface area contributed by atoms with Crippen molar-refractivity contribution in [1.82, 2.24) is 5.32 Å². The number of hydrogen-bond acceptors (Lipinski definition) is 3. The van der Waals surface area contributed by atoms with Gasteiger partial charge in [-0.25, -0.2) is 0 Å². The molecule has 0 heterocycles. The first-order valence-electron chi connectivity index (χ1n) is 4.96. The summed E-state index contributed by atoms with van der Waals surface area (Å²) in [6.07, 6.45) is 2.20. The molecule has 3 nitrogen and oxygen atoms in total. The molecule has 0 amide bonds. The van der Waals surface area contributed by atoms with Crippen molar-refractivity contribution in [2.24, 2.45) is 5.92 Å². The second kappa shape index (κ2) is 6.89. The summed E-state index contributed by atoms with van der Waals surface area (Å²) in [6, 6.07) is 0.520. The van der Waals surface area contributed by atoms with Gasteiger partial charge >= 0.3 is 5.97 Å². The van der Waals surface area contributed by atoms with E-state index in [1.54, 1.807) is 0 Å². The van der Waals surface area contributed by atoms with Crippen molar-refractivity contribution in [3.63, 3.8) is 0 Å². The van der Waals surface area contributed by atoms with Gasteiger partial charge in [0.25, 0.3) is 0 Å². The molecule has 0 aromatic heterocycles. The Bertz CT molecular complexity index is 144. The van der Waals surface area contributed by atoms with Crippen LogP contribution in [0.15, 0.2) is 0 Å². The quantitative estimate of drug-likeness (QED) is 0.641. The molecular formula is C10H21NO2. The topological polar surface area (TPSA) is 38.3 Å². The zero-order valence-electron chi connectivity index (χ0n) is 9.09. The molecule has 0 saturated heterocycles. The SMILES string of the molecule is CCC(CC)NC[C@H](C)C(=O)OC. The maximum absolute atomic E-state index is 11.0. The van der Waals surface area contributed by atoms with Gasteiger partial charge in [-0.3, -0.25) is 4.79 Å².